The third kappa shape index (κ3) is 3.28. The van der Waals surface area contributed by atoms with Gasteiger partial charge in [0.1, 0.15) is 0 Å². The van der Waals surface area contributed by atoms with Gasteiger partial charge in [-0.2, -0.15) is 0 Å². The summed E-state index contributed by atoms with van der Waals surface area (Å²) in [5.74, 6) is 0. The van der Waals surface area contributed by atoms with Gasteiger partial charge in [0.25, 0.3) is 0 Å². The Bertz CT molecular complexity index is 2030. The van der Waals surface area contributed by atoms with Crippen LogP contribution in [0.5, 0.6) is 0 Å². The molecule has 1 aliphatic carbocycles. The molecule has 1 nitrogen and oxygen atoms in total. The van der Waals surface area contributed by atoms with Crippen LogP contribution in [0.3, 0.4) is 0 Å². The van der Waals surface area contributed by atoms with Crippen molar-refractivity contribution >= 4 is 32.9 Å². The molecular weight excluding hydrogens is 482 g/mol. The fourth-order valence-electron chi connectivity index (χ4n) is 6.81. The highest BCUT2D eigenvalue weighted by Crippen LogP contribution is 2.58. The third-order valence-corrected chi connectivity index (χ3v) is 8.51. The van der Waals surface area contributed by atoms with Crippen LogP contribution in [0.4, 0.5) is 11.4 Å². The molecule has 1 N–H and O–H groups in total. The maximum atomic E-state index is 3.89. The number of hydrogen-bond donors (Lipinski definition) is 1. The zero-order valence-corrected chi connectivity index (χ0v) is 22.0. The number of fused-ring (bicyclic) bond motifs is 5. The lowest BCUT2D eigenvalue weighted by Crippen LogP contribution is -2.29. The molecule has 1 atom stereocenters. The quantitative estimate of drug-likeness (QED) is 0.249. The summed E-state index contributed by atoms with van der Waals surface area (Å²) in [5, 5.41) is 8.85. The maximum absolute atomic E-state index is 3.89. The van der Waals surface area contributed by atoms with Crippen LogP contribution < -0.4 is 5.32 Å². The van der Waals surface area contributed by atoms with Crippen LogP contribution in [0.1, 0.15) is 22.3 Å². The molecular formula is C39H27N. The Morgan fingerprint density at radius 3 is 1.82 bits per heavy atom. The molecule has 7 aromatic rings. The number of benzene rings is 7. The van der Waals surface area contributed by atoms with Crippen LogP contribution >= 0.6 is 0 Å². The molecule has 0 saturated carbocycles. The first-order chi connectivity index (χ1) is 19.8. The lowest BCUT2D eigenvalue weighted by molar-refractivity contribution is 0.772. The van der Waals surface area contributed by atoms with Crippen LogP contribution in [-0.4, -0.2) is 0 Å². The molecule has 0 amide bonds. The van der Waals surface area contributed by atoms with Gasteiger partial charge in [-0.1, -0.05) is 133 Å². The molecule has 0 bridgehead atoms. The first-order valence-electron chi connectivity index (χ1n) is 13.9. The predicted molar refractivity (Wildman–Crippen MR) is 168 cm³/mol. The zero-order chi connectivity index (χ0) is 26.5. The average molecular weight is 510 g/mol. The second-order valence-corrected chi connectivity index (χ2v) is 10.6. The summed E-state index contributed by atoms with van der Waals surface area (Å²) in [6.07, 6.45) is 0. The van der Waals surface area contributed by atoms with Crippen molar-refractivity contribution < 1.29 is 0 Å². The molecule has 0 heterocycles. The van der Waals surface area contributed by atoms with Crippen molar-refractivity contribution in [3.05, 3.63) is 180 Å². The van der Waals surface area contributed by atoms with Crippen LogP contribution in [0.2, 0.25) is 0 Å². The van der Waals surface area contributed by atoms with Crippen molar-refractivity contribution in [3.8, 4) is 11.1 Å². The van der Waals surface area contributed by atoms with Gasteiger partial charge in [-0.15, -0.1) is 0 Å². The van der Waals surface area contributed by atoms with Gasteiger partial charge in [-0.05, 0) is 73.8 Å². The van der Waals surface area contributed by atoms with E-state index in [1.54, 1.807) is 0 Å². The molecule has 7 aromatic carbocycles. The average Bonchev–Trinajstić information content (AvgIpc) is 3.31. The molecule has 0 saturated heterocycles. The van der Waals surface area contributed by atoms with Crippen molar-refractivity contribution in [2.24, 2.45) is 0 Å². The number of anilines is 2. The summed E-state index contributed by atoms with van der Waals surface area (Å²) in [4.78, 5) is 0. The van der Waals surface area contributed by atoms with E-state index in [9.17, 15) is 0 Å². The van der Waals surface area contributed by atoms with Crippen molar-refractivity contribution in [2.75, 3.05) is 5.32 Å². The molecule has 1 unspecified atom stereocenters. The molecule has 40 heavy (non-hydrogen) atoms. The lowest BCUT2D eigenvalue weighted by Gasteiger charge is -2.35. The van der Waals surface area contributed by atoms with E-state index in [0.717, 1.165) is 11.4 Å². The predicted octanol–water partition coefficient (Wildman–Crippen LogP) is 10.1. The Morgan fingerprint density at radius 2 is 0.975 bits per heavy atom. The van der Waals surface area contributed by atoms with E-state index in [4.69, 9.17) is 0 Å². The SMILES string of the molecule is c1ccc(C2(c3ccccc3Nc3cccc4ccccc34)c3ccccc3-c3cc4ccccc4cc32)cc1. The van der Waals surface area contributed by atoms with Gasteiger partial charge in [-0.25, -0.2) is 0 Å². The zero-order valence-electron chi connectivity index (χ0n) is 22.0. The maximum Gasteiger partial charge on any atom is 0.0733 e. The van der Waals surface area contributed by atoms with Crippen LogP contribution in [0.25, 0.3) is 32.7 Å². The smallest absolute Gasteiger partial charge is 0.0733 e. The molecule has 188 valence electrons. The third-order valence-electron chi connectivity index (χ3n) is 8.51. The Balaban J connectivity index is 1.47. The summed E-state index contributed by atoms with van der Waals surface area (Å²) in [7, 11) is 0. The van der Waals surface area contributed by atoms with Crippen molar-refractivity contribution in [3.63, 3.8) is 0 Å². The van der Waals surface area contributed by atoms with E-state index in [1.165, 1.54) is 54.9 Å². The highest BCUT2D eigenvalue weighted by molar-refractivity contribution is 5.98. The molecule has 0 aliphatic heterocycles. The van der Waals surface area contributed by atoms with Crippen molar-refractivity contribution in [1.29, 1.82) is 0 Å². The van der Waals surface area contributed by atoms with Gasteiger partial charge in [0.05, 0.1) is 5.41 Å². The van der Waals surface area contributed by atoms with Crippen LogP contribution in [0, 0.1) is 0 Å². The van der Waals surface area contributed by atoms with Gasteiger partial charge in [-0.3, -0.25) is 0 Å². The monoisotopic (exact) mass is 509 g/mol. The molecule has 0 radical (unpaired) electrons. The minimum atomic E-state index is -0.481. The van der Waals surface area contributed by atoms with Gasteiger partial charge in [0.2, 0.25) is 0 Å². The minimum Gasteiger partial charge on any atom is -0.355 e. The normalized spacial score (nSPS) is 15.6. The Kier molecular flexibility index (Phi) is 5.11. The van der Waals surface area contributed by atoms with Gasteiger partial charge in [0.15, 0.2) is 0 Å². The molecule has 1 heteroatoms. The van der Waals surface area contributed by atoms with E-state index in [1.807, 2.05) is 0 Å². The summed E-state index contributed by atoms with van der Waals surface area (Å²) >= 11 is 0. The second-order valence-electron chi connectivity index (χ2n) is 10.6. The largest absolute Gasteiger partial charge is 0.355 e. The van der Waals surface area contributed by atoms with Gasteiger partial charge >= 0.3 is 0 Å². The molecule has 0 fully saturated rings. The highest BCUT2D eigenvalue weighted by Gasteiger charge is 2.47. The van der Waals surface area contributed by atoms with Crippen LogP contribution in [-0.2, 0) is 5.41 Å². The first kappa shape index (κ1) is 22.8. The number of hydrogen-bond acceptors (Lipinski definition) is 1. The lowest BCUT2D eigenvalue weighted by atomic mass is 9.67. The first-order valence-corrected chi connectivity index (χ1v) is 13.9. The van der Waals surface area contributed by atoms with E-state index in [0.29, 0.717) is 0 Å². The molecule has 1 aliphatic rings. The van der Waals surface area contributed by atoms with Crippen molar-refractivity contribution in [2.45, 2.75) is 5.41 Å². The standard InChI is InChI=1S/C39H27N/c1-2-17-30(18-3-1)39(34-21-9-8-20-32(34)33-25-28-14-4-5-15-29(28)26-36(33)39)35-22-10-11-23-38(35)40-37-24-12-16-27-13-6-7-19-31(27)37/h1-26,40H. The Labute approximate surface area is 234 Å². The second kappa shape index (κ2) is 8.97. The summed E-state index contributed by atoms with van der Waals surface area (Å²) in [6, 6.07) is 57.4. The van der Waals surface area contributed by atoms with Gasteiger partial charge < -0.3 is 5.32 Å². The highest BCUT2D eigenvalue weighted by atomic mass is 14.9. The van der Waals surface area contributed by atoms with Gasteiger partial charge in [0, 0.05) is 16.8 Å². The molecule has 0 aromatic heterocycles. The fourth-order valence-corrected chi connectivity index (χ4v) is 6.81. The number of para-hydroxylation sites is 1. The van der Waals surface area contributed by atoms with Crippen LogP contribution in [0.15, 0.2) is 158 Å². The Hall–Kier alpha value is -5.14. The van der Waals surface area contributed by atoms with E-state index >= 15 is 0 Å². The minimum absolute atomic E-state index is 0.481. The summed E-state index contributed by atoms with van der Waals surface area (Å²) < 4.78 is 0. The van der Waals surface area contributed by atoms with E-state index in [2.05, 4.69) is 163 Å². The fraction of sp³-hybridized carbons (Fsp3) is 0.0256. The van der Waals surface area contributed by atoms with E-state index in [-0.39, 0.29) is 0 Å². The number of nitrogens with one attached hydrogen (secondary N) is 1. The Morgan fingerprint density at radius 1 is 0.375 bits per heavy atom. The molecule has 0 spiro atoms. The number of rotatable bonds is 4. The van der Waals surface area contributed by atoms with E-state index < -0.39 is 5.41 Å². The summed E-state index contributed by atoms with van der Waals surface area (Å²) in [6.45, 7) is 0. The topological polar surface area (TPSA) is 12.0 Å². The summed E-state index contributed by atoms with van der Waals surface area (Å²) in [5.41, 5.74) is 9.50. The molecule has 8 rings (SSSR count). The van der Waals surface area contributed by atoms with Crippen molar-refractivity contribution in [1.82, 2.24) is 0 Å².